The van der Waals surface area contributed by atoms with Gasteiger partial charge in [-0.25, -0.2) is 9.67 Å². The lowest BCUT2D eigenvalue weighted by Crippen LogP contribution is -2.24. The SMILES string of the molecule is O=c1ccc(-c2ccccc2)nn1CCn1ccnc1-c1ccncc1. The fourth-order valence-corrected chi connectivity index (χ4v) is 2.83. The molecule has 0 aliphatic heterocycles. The maximum absolute atomic E-state index is 12.2. The Morgan fingerprint density at radius 3 is 2.42 bits per heavy atom. The van der Waals surface area contributed by atoms with E-state index in [1.54, 1.807) is 30.7 Å². The Morgan fingerprint density at radius 2 is 1.62 bits per heavy atom. The average Bonchev–Trinajstić information content (AvgIpc) is 3.17. The number of hydrogen-bond acceptors (Lipinski definition) is 4. The Kier molecular flexibility index (Phi) is 4.38. The lowest BCUT2D eigenvalue weighted by Gasteiger charge is -2.10. The van der Waals surface area contributed by atoms with Gasteiger partial charge in [-0.15, -0.1) is 0 Å². The van der Waals surface area contributed by atoms with Crippen molar-refractivity contribution in [2.75, 3.05) is 0 Å². The van der Waals surface area contributed by atoms with Crippen molar-refractivity contribution in [3.8, 4) is 22.6 Å². The zero-order valence-electron chi connectivity index (χ0n) is 14.1. The van der Waals surface area contributed by atoms with Crippen LogP contribution in [0.15, 0.2) is 84.2 Å². The zero-order chi connectivity index (χ0) is 17.8. The molecule has 0 N–H and O–H groups in total. The molecule has 0 bridgehead atoms. The Hall–Kier alpha value is -3.54. The van der Waals surface area contributed by atoms with Crippen molar-refractivity contribution in [1.29, 1.82) is 0 Å². The highest BCUT2D eigenvalue weighted by atomic mass is 16.1. The fraction of sp³-hybridized carbons (Fsp3) is 0.100. The third-order valence-corrected chi connectivity index (χ3v) is 4.14. The van der Waals surface area contributed by atoms with Gasteiger partial charge in [-0.2, -0.15) is 5.10 Å². The standard InChI is InChI=1S/C20H17N5O/c26-19-7-6-18(16-4-2-1-3-5-16)23-25(19)15-14-24-13-12-22-20(24)17-8-10-21-11-9-17/h1-13H,14-15H2. The number of hydrogen-bond donors (Lipinski definition) is 0. The number of rotatable bonds is 5. The number of benzene rings is 1. The average molecular weight is 343 g/mol. The van der Waals surface area contributed by atoms with Gasteiger partial charge in [0.05, 0.1) is 12.2 Å². The minimum absolute atomic E-state index is 0.116. The Labute approximate surface area is 150 Å². The molecule has 6 heteroatoms. The quantitative estimate of drug-likeness (QED) is 0.559. The van der Waals surface area contributed by atoms with Crippen LogP contribution in [0.5, 0.6) is 0 Å². The highest BCUT2D eigenvalue weighted by Crippen LogP contribution is 2.16. The highest BCUT2D eigenvalue weighted by Gasteiger charge is 2.07. The monoisotopic (exact) mass is 343 g/mol. The number of aryl methyl sites for hydroxylation is 2. The fourth-order valence-electron chi connectivity index (χ4n) is 2.83. The van der Waals surface area contributed by atoms with Crippen molar-refractivity contribution in [3.63, 3.8) is 0 Å². The first-order valence-electron chi connectivity index (χ1n) is 8.36. The summed E-state index contributed by atoms with van der Waals surface area (Å²) < 4.78 is 3.51. The lowest BCUT2D eigenvalue weighted by molar-refractivity contribution is 0.515. The molecule has 0 radical (unpaired) electrons. The van der Waals surface area contributed by atoms with Gasteiger partial charge in [-0.3, -0.25) is 9.78 Å². The minimum Gasteiger partial charge on any atom is -0.329 e. The minimum atomic E-state index is -0.116. The van der Waals surface area contributed by atoms with Crippen molar-refractivity contribution in [1.82, 2.24) is 24.3 Å². The van der Waals surface area contributed by atoms with Gasteiger partial charge in [-0.05, 0) is 18.2 Å². The van der Waals surface area contributed by atoms with Crippen LogP contribution >= 0.6 is 0 Å². The molecule has 6 nitrogen and oxygen atoms in total. The first-order chi connectivity index (χ1) is 12.8. The number of imidazole rings is 1. The molecule has 0 fully saturated rings. The smallest absolute Gasteiger partial charge is 0.266 e. The summed E-state index contributed by atoms with van der Waals surface area (Å²) in [6, 6.07) is 17.0. The second-order valence-electron chi connectivity index (χ2n) is 5.83. The van der Waals surface area contributed by atoms with Crippen LogP contribution < -0.4 is 5.56 Å². The van der Waals surface area contributed by atoms with E-state index in [0.29, 0.717) is 13.1 Å². The molecule has 4 rings (SSSR count). The van der Waals surface area contributed by atoms with Crippen molar-refractivity contribution < 1.29 is 0 Å². The maximum atomic E-state index is 12.2. The molecule has 0 atom stereocenters. The van der Waals surface area contributed by atoms with E-state index in [2.05, 4.69) is 15.1 Å². The van der Waals surface area contributed by atoms with Crippen LogP contribution in [-0.4, -0.2) is 24.3 Å². The van der Waals surface area contributed by atoms with Gasteiger partial charge in [0.25, 0.3) is 5.56 Å². The molecule has 0 unspecified atom stereocenters. The maximum Gasteiger partial charge on any atom is 0.266 e. The number of pyridine rings is 1. The van der Waals surface area contributed by atoms with Gasteiger partial charge in [0, 0.05) is 48.5 Å². The third-order valence-electron chi connectivity index (χ3n) is 4.14. The van der Waals surface area contributed by atoms with Crippen molar-refractivity contribution in [3.05, 3.63) is 89.7 Å². The summed E-state index contributed by atoms with van der Waals surface area (Å²) in [5, 5.41) is 4.50. The van der Waals surface area contributed by atoms with E-state index in [1.807, 2.05) is 53.2 Å². The summed E-state index contributed by atoms with van der Waals surface area (Å²) in [5.41, 5.74) is 2.64. The predicted octanol–water partition coefficient (Wildman–Crippen LogP) is 2.87. The molecule has 0 amide bonds. The molecule has 0 aliphatic rings. The zero-order valence-corrected chi connectivity index (χ0v) is 14.1. The summed E-state index contributed by atoms with van der Waals surface area (Å²) in [6.07, 6.45) is 7.14. The Bertz CT molecular complexity index is 1050. The van der Waals surface area contributed by atoms with Gasteiger partial charge >= 0.3 is 0 Å². The Morgan fingerprint density at radius 1 is 0.808 bits per heavy atom. The topological polar surface area (TPSA) is 65.6 Å². The van der Waals surface area contributed by atoms with Crippen LogP contribution in [0.2, 0.25) is 0 Å². The summed E-state index contributed by atoms with van der Waals surface area (Å²) in [6.45, 7) is 1.07. The van der Waals surface area contributed by atoms with Crippen LogP contribution in [0.25, 0.3) is 22.6 Å². The van der Waals surface area contributed by atoms with Crippen molar-refractivity contribution >= 4 is 0 Å². The summed E-state index contributed by atoms with van der Waals surface area (Å²) in [4.78, 5) is 20.6. The van der Waals surface area contributed by atoms with Crippen LogP contribution in [0, 0.1) is 0 Å². The van der Waals surface area contributed by atoms with E-state index < -0.39 is 0 Å². The van der Waals surface area contributed by atoms with E-state index >= 15 is 0 Å². The molecular weight excluding hydrogens is 326 g/mol. The molecule has 3 heterocycles. The van der Waals surface area contributed by atoms with E-state index in [1.165, 1.54) is 4.68 Å². The summed E-state index contributed by atoms with van der Waals surface area (Å²) in [5.74, 6) is 0.847. The first kappa shape index (κ1) is 16.0. The lowest BCUT2D eigenvalue weighted by atomic mass is 10.1. The molecule has 3 aromatic heterocycles. The predicted molar refractivity (Wildman–Crippen MR) is 99.4 cm³/mol. The van der Waals surface area contributed by atoms with Crippen LogP contribution in [0.3, 0.4) is 0 Å². The van der Waals surface area contributed by atoms with Gasteiger partial charge in [0.2, 0.25) is 0 Å². The first-order valence-corrected chi connectivity index (χ1v) is 8.36. The van der Waals surface area contributed by atoms with Crippen molar-refractivity contribution in [2.45, 2.75) is 13.1 Å². The summed E-state index contributed by atoms with van der Waals surface area (Å²) in [7, 11) is 0. The molecule has 0 saturated carbocycles. The van der Waals surface area contributed by atoms with Gasteiger partial charge < -0.3 is 4.57 Å². The molecule has 26 heavy (non-hydrogen) atoms. The van der Waals surface area contributed by atoms with Crippen LogP contribution in [-0.2, 0) is 13.1 Å². The molecule has 0 saturated heterocycles. The van der Waals surface area contributed by atoms with E-state index in [4.69, 9.17) is 0 Å². The molecule has 4 aromatic rings. The van der Waals surface area contributed by atoms with Crippen molar-refractivity contribution in [2.24, 2.45) is 0 Å². The van der Waals surface area contributed by atoms with Crippen LogP contribution in [0.1, 0.15) is 0 Å². The molecule has 0 spiro atoms. The van der Waals surface area contributed by atoms with E-state index in [-0.39, 0.29) is 5.56 Å². The molecule has 128 valence electrons. The second-order valence-corrected chi connectivity index (χ2v) is 5.83. The highest BCUT2D eigenvalue weighted by molar-refractivity contribution is 5.57. The van der Waals surface area contributed by atoms with Gasteiger partial charge in [0.15, 0.2) is 0 Å². The largest absolute Gasteiger partial charge is 0.329 e. The molecule has 1 aromatic carbocycles. The second kappa shape index (κ2) is 7.14. The van der Waals surface area contributed by atoms with Gasteiger partial charge in [-0.1, -0.05) is 30.3 Å². The summed E-state index contributed by atoms with van der Waals surface area (Å²) >= 11 is 0. The normalized spacial score (nSPS) is 10.8. The molecular formula is C20H17N5O. The van der Waals surface area contributed by atoms with E-state index in [9.17, 15) is 4.79 Å². The molecule has 0 aliphatic carbocycles. The van der Waals surface area contributed by atoms with E-state index in [0.717, 1.165) is 22.6 Å². The Balaban J connectivity index is 1.58. The third kappa shape index (κ3) is 3.30. The van der Waals surface area contributed by atoms with Gasteiger partial charge in [0.1, 0.15) is 5.82 Å². The number of nitrogens with zero attached hydrogens (tertiary/aromatic N) is 5. The van der Waals surface area contributed by atoms with Crippen LogP contribution in [0.4, 0.5) is 0 Å². The number of aromatic nitrogens is 5.